The lowest BCUT2D eigenvalue weighted by Crippen LogP contribution is -2.26. The van der Waals surface area contributed by atoms with Crippen molar-refractivity contribution in [3.63, 3.8) is 0 Å². The molecule has 5 nitrogen and oxygen atoms in total. The minimum atomic E-state index is -0.391. The maximum absolute atomic E-state index is 14.0. The Morgan fingerprint density at radius 3 is 2.86 bits per heavy atom. The Kier molecular flexibility index (Phi) is 5.44. The van der Waals surface area contributed by atoms with E-state index < -0.39 is 5.82 Å². The lowest BCUT2D eigenvalue weighted by Gasteiger charge is -2.20. The highest BCUT2D eigenvalue weighted by molar-refractivity contribution is 7.18. The Morgan fingerprint density at radius 2 is 2.14 bits per heavy atom. The number of H-pyrrole nitrogens is 1. The van der Waals surface area contributed by atoms with Crippen molar-refractivity contribution in [2.45, 2.75) is 52.1 Å². The molecule has 2 aromatic heterocycles. The van der Waals surface area contributed by atoms with Crippen molar-refractivity contribution >= 4 is 21.6 Å². The molecule has 0 spiro atoms. The summed E-state index contributed by atoms with van der Waals surface area (Å²) in [6.45, 7) is 6.17. The Hall–Kier alpha value is -2.25. The van der Waals surface area contributed by atoms with Crippen LogP contribution in [0, 0.1) is 11.7 Å². The summed E-state index contributed by atoms with van der Waals surface area (Å²) in [6, 6.07) is 4.61. The van der Waals surface area contributed by atoms with Gasteiger partial charge in [0.25, 0.3) is 5.56 Å². The summed E-state index contributed by atoms with van der Waals surface area (Å²) >= 11 is 1.65. The second-order valence-corrected chi connectivity index (χ2v) is 9.07. The summed E-state index contributed by atoms with van der Waals surface area (Å²) in [5.41, 5.74) is 1.93. The molecule has 0 amide bonds. The highest BCUT2D eigenvalue weighted by atomic mass is 32.1. The fraction of sp³-hybridized carbons (Fsp3) is 0.455. The molecule has 154 valence electrons. The summed E-state index contributed by atoms with van der Waals surface area (Å²) in [7, 11) is 1.45. The number of nitrogens with zero attached hydrogens (tertiary/aromatic N) is 1. The minimum absolute atomic E-state index is 0.0613. The van der Waals surface area contributed by atoms with Crippen LogP contribution >= 0.6 is 11.3 Å². The number of nitrogens with one attached hydrogen (secondary N) is 2. The third-order valence-electron chi connectivity index (χ3n) is 5.77. The van der Waals surface area contributed by atoms with E-state index in [4.69, 9.17) is 9.72 Å². The summed E-state index contributed by atoms with van der Waals surface area (Å²) in [6.07, 6.45) is 3.10. The first-order valence-electron chi connectivity index (χ1n) is 10.0. The van der Waals surface area contributed by atoms with E-state index in [0.717, 1.165) is 35.0 Å². The van der Waals surface area contributed by atoms with E-state index >= 15 is 0 Å². The molecule has 29 heavy (non-hydrogen) atoms. The number of hydrogen-bond acceptors (Lipinski definition) is 5. The number of hydrogen-bond donors (Lipinski definition) is 2. The lowest BCUT2D eigenvalue weighted by atomic mass is 9.89. The maximum Gasteiger partial charge on any atom is 0.259 e. The molecule has 0 aliphatic heterocycles. The molecule has 1 aliphatic rings. The van der Waals surface area contributed by atoms with Crippen LogP contribution in [0.2, 0.25) is 0 Å². The summed E-state index contributed by atoms with van der Waals surface area (Å²) in [5, 5.41) is 4.16. The van der Waals surface area contributed by atoms with Crippen LogP contribution in [0.25, 0.3) is 10.2 Å². The first-order valence-corrected chi connectivity index (χ1v) is 10.8. The zero-order chi connectivity index (χ0) is 20.7. The van der Waals surface area contributed by atoms with Crippen molar-refractivity contribution in [1.82, 2.24) is 15.3 Å². The van der Waals surface area contributed by atoms with Crippen LogP contribution in [0.4, 0.5) is 4.39 Å². The number of aromatic amines is 1. The number of thiophene rings is 1. The van der Waals surface area contributed by atoms with Gasteiger partial charge in [-0.15, -0.1) is 11.3 Å². The Bertz CT molecular complexity index is 1110. The molecule has 0 saturated carbocycles. The van der Waals surface area contributed by atoms with E-state index in [2.05, 4.69) is 17.2 Å². The predicted molar refractivity (Wildman–Crippen MR) is 114 cm³/mol. The fourth-order valence-corrected chi connectivity index (χ4v) is 5.46. The van der Waals surface area contributed by atoms with Crippen LogP contribution in [-0.4, -0.2) is 17.1 Å². The smallest absolute Gasteiger partial charge is 0.259 e. The van der Waals surface area contributed by atoms with Crippen LogP contribution < -0.4 is 15.6 Å². The highest BCUT2D eigenvalue weighted by Crippen LogP contribution is 2.36. The molecule has 0 fully saturated rings. The normalized spacial score (nSPS) is 18.4. The average Bonchev–Trinajstić information content (AvgIpc) is 3.05. The van der Waals surface area contributed by atoms with Crippen molar-refractivity contribution in [2.24, 2.45) is 5.92 Å². The molecule has 0 saturated heterocycles. The van der Waals surface area contributed by atoms with Crippen molar-refractivity contribution in [1.29, 1.82) is 0 Å². The molecule has 1 aromatic carbocycles. The summed E-state index contributed by atoms with van der Waals surface area (Å²) < 4.78 is 19.0. The Balaban J connectivity index is 1.59. The second kappa shape index (κ2) is 7.88. The SMILES string of the molecule is COc1ccc(C(C)NC(C)c2nc3sc4c(c3c(=O)[nH]2)CCC(C)C4)cc1F. The summed E-state index contributed by atoms with van der Waals surface area (Å²) in [4.78, 5) is 22.7. The third-order valence-corrected chi connectivity index (χ3v) is 6.92. The zero-order valence-electron chi connectivity index (χ0n) is 17.1. The van der Waals surface area contributed by atoms with Gasteiger partial charge in [0.1, 0.15) is 10.7 Å². The standard InChI is InChI=1S/C22H26FN3O2S/c1-11-5-7-15-18(9-11)29-22-19(15)21(27)25-20(26-22)13(3)24-12(2)14-6-8-17(28-4)16(23)10-14/h6,8,10-13,24H,5,7,9H2,1-4H3,(H,25,26,27). The Morgan fingerprint density at radius 1 is 1.34 bits per heavy atom. The quantitative estimate of drug-likeness (QED) is 0.636. The number of benzene rings is 1. The van der Waals surface area contributed by atoms with E-state index in [1.165, 1.54) is 23.6 Å². The highest BCUT2D eigenvalue weighted by Gasteiger charge is 2.24. The van der Waals surface area contributed by atoms with Crippen LogP contribution in [0.1, 0.15) is 61.1 Å². The molecule has 0 radical (unpaired) electrons. The Labute approximate surface area is 173 Å². The number of methoxy groups -OCH3 is 1. The van der Waals surface area contributed by atoms with Crippen molar-refractivity contribution in [3.05, 3.63) is 56.2 Å². The molecule has 1 aliphatic carbocycles. The molecule has 0 bridgehead atoms. The van der Waals surface area contributed by atoms with Gasteiger partial charge >= 0.3 is 0 Å². The molecular weight excluding hydrogens is 389 g/mol. The number of halogens is 1. The monoisotopic (exact) mass is 415 g/mol. The maximum atomic E-state index is 14.0. The average molecular weight is 416 g/mol. The molecule has 3 aromatic rings. The molecule has 2 heterocycles. The van der Waals surface area contributed by atoms with E-state index in [1.54, 1.807) is 17.4 Å². The second-order valence-electron chi connectivity index (χ2n) is 7.99. The third kappa shape index (κ3) is 3.81. The van der Waals surface area contributed by atoms with Crippen LogP contribution in [0.15, 0.2) is 23.0 Å². The van der Waals surface area contributed by atoms with Crippen LogP contribution in [-0.2, 0) is 12.8 Å². The predicted octanol–water partition coefficient (Wildman–Crippen LogP) is 4.67. The summed E-state index contributed by atoms with van der Waals surface area (Å²) in [5.74, 6) is 1.09. The lowest BCUT2D eigenvalue weighted by molar-refractivity contribution is 0.385. The first-order chi connectivity index (χ1) is 13.9. The molecular formula is C22H26FN3O2S. The van der Waals surface area contributed by atoms with Gasteiger partial charge in [-0.05, 0) is 62.3 Å². The minimum Gasteiger partial charge on any atom is -0.494 e. The number of rotatable bonds is 5. The van der Waals surface area contributed by atoms with Gasteiger partial charge in [-0.1, -0.05) is 13.0 Å². The molecule has 3 unspecified atom stereocenters. The van der Waals surface area contributed by atoms with E-state index in [1.807, 2.05) is 19.9 Å². The van der Waals surface area contributed by atoms with Gasteiger partial charge < -0.3 is 15.0 Å². The van der Waals surface area contributed by atoms with Crippen molar-refractivity contribution in [3.8, 4) is 5.75 Å². The van der Waals surface area contributed by atoms with Gasteiger partial charge in [-0.25, -0.2) is 9.37 Å². The van der Waals surface area contributed by atoms with E-state index in [0.29, 0.717) is 11.7 Å². The van der Waals surface area contributed by atoms with Gasteiger partial charge in [-0.2, -0.15) is 0 Å². The van der Waals surface area contributed by atoms with Gasteiger partial charge in [-0.3, -0.25) is 4.79 Å². The topological polar surface area (TPSA) is 67.0 Å². The first kappa shape index (κ1) is 20.0. The molecule has 3 atom stereocenters. The number of aryl methyl sites for hydroxylation is 1. The molecule has 4 rings (SSSR count). The van der Waals surface area contributed by atoms with Crippen molar-refractivity contribution < 1.29 is 9.13 Å². The van der Waals surface area contributed by atoms with Gasteiger partial charge in [0.05, 0.1) is 18.5 Å². The largest absolute Gasteiger partial charge is 0.494 e. The zero-order valence-corrected chi connectivity index (χ0v) is 18.0. The number of ether oxygens (including phenoxy) is 1. The molecule has 2 N–H and O–H groups in total. The van der Waals surface area contributed by atoms with Gasteiger partial charge in [0.15, 0.2) is 11.6 Å². The van der Waals surface area contributed by atoms with Gasteiger partial charge in [0, 0.05) is 10.9 Å². The van der Waals surface area contributed by atoms with Crippen LogP contribution in [0.5, 0.6) is 5.75 Å². The number of fused-ring (bicyclic) bond motifs is 3. The number of aromatic nitrogens is 2. The van der Waals surface area contributed by atoms with Crippen LogP contribution in [0.3, 0.4) is 0 Å². The van der Waals surface area contributed by atoms with E-state index in [9.17, 15) is 9.18 Å². The van der Waals surface area contributed by atoms with E-state index in [-0.39, 0.29) is 23.4 Å². The van der Waals surface area contributed by atoms with Crippen molar-refractivity contribution in [2.75, 3.05) is 7.11 Å². The fourth-order valence-electron chi connectivity index (χ4n) is 4.07. The van der Waals surface area contributed by atoms with Gasteiger partial charge in [0.2, 0.25) is 0 Å². The molecule has 7 heteroatoms.